The van der Waals surface area contributed by atoms with Gasteiger partial charge in [0.1, 0.15) is 11.6 Å². The van der Waals surface area contributed by atoms with E-state index in [0.29, 0.717) is 6.07 Å². The summed E-state index contributed by atoms with van der Waals surface area (Å²) in [7, 11) is -2.23. The fourth-order valence-corrected chi connectivity index (χ4v) is 4.11. The van der Waals surface area contributed by atoms with E-state index in [9.17, 15) is 26.6 Å². The lowest BCUT2D eigenvalue weighted by atomic mass is 10.1. The number of methoxy groups -OCH3 is 1. The number of halogens is 5. The molecule has 0 aliphatic rings. The Hall–Kier alpha value is -3.82. The molecule has 0 heterocycles. The number of carbonyl (C=O) groups excluding carboxylic acids is 1. The summed E-state index contributed by atoms with van der Waals surface area (Å²) in [5.74, 6) is -2.54. The van der Waals surface area contributed by atoms with Gasteiger partial charge in [0.15, 0.2) is 11.5 Å². The third-order valence-corrected chi connectivity index (χ3v) is 6.21. The summed E-state index contributed by atoms with van der Waals surface area (Å²) in [4.78, 5) is 12.6. The van der Waals surface area contributed by atoms with Crippen molar-refractivity contribution in [2.24, 2.45) is 0 Å². The van der Waals surface area contributed by atoms with Gasteiger partial charge in [-0.05, 0) is 42.5 Å². The minimum Gasteiger partial charge on any atom is -0.493 e. The summed E-state index contributed by atoms with van der Waals surface area (Å²) in [5, 5.41) is 10.6. The minimum atomic E-state index is -4.87. The lowest BCUT2D eigenvalue weighted by Gasteiger charge is -2.17. The molecular weight excluding hydrogens is 526 g/mol. The van der Waals surface area contributed by atoms with Crippen molar-refractivity contribution < 1.29 is 36.0 Å². The standard InChI is InChI=1S/C23H16ClF4N3O4S/c1-34-20-7-12(11-29)3-6-18(20)35-19-10-15(23(26,27)28)16(24)9-14(19)22(32)31-13-4-5-17(25)21(8-13)36(2,30)33/h3-10,30H,1-2H3,(H,31,32)/t36-/m1/s1. The number of benzene rings is 3. The molecule has 13 heteroatoms. The van der Waals surface area contributed by atoms with Crippen LogP contribution in [0.4, 0.5) is 23.2 Å². The smallest absolute Gasteiger partial charge is 0.417 e. The van der Waals surface area contributed by atoms with E-state index in [4.69, 9.17) is 31.1 Å². The maximum atomic E-state index is 14.0. The van der Waals surface area contributed by atoms with Gasteiger partial charge in [-0.25, -0.2) is 13.4 Å². The molecular formula is C23H16ClF4N3O4S. The van der Waals surface area contributed by atoms with Crippen LogP contribution in [0.5, 0.6) is 17.2 Å². The van der Waals surface area contributed by atoms with Crippen LogP contribution in [-0.2, 0) is 15.9 Å². The van der Waals surface area contributed by atoms with Crippen molar-refractivity contribution in [3.8, 4) is 23.3 Å². The fourth-order valence-electron chi connectivity index (χ4n) is 3.05. The number of anilines is 1. The van der Waals surface area contributed by atoms with E-state index in [1.807, 2.05) is 6.07 Å². The van der Waals surface area contributed by atoms with E-state index >= 15 is 0 Å². The fraction of sp³-hybridized carbons (Fsp3) is 0.130. The quantitative estimate of drug-likeness (QED) is 0.348. The first-order chi connectivity index (χ1) is 16.7. The molecule has 0 aromatic heterocycles. The number of nitriles is 1. The van der Waals surface area contributed by atoms with Gasteiger partial charge in [0.25, 0.3) is 5.91 Å². The Balaban J connectivity index is 2.10. The minimum absolute atomic E-state index is 0.0141. The van der Waals surface area contributed by atoms with E-state index < -0.39 is 54.4 Å². The van der Waals surface area contributed by atoms with Gasteiger partial charge in [-0.2, -0.15) is 18.4 Å². The lowest BCUT2D eigenvalue weighted by Crippen LogP contribution is -2.15. The molecule has 0 saturated heterocycles. The molecule has 0 radical (unpaired) electrons. The summed E-state index contributed by atoms with van der Waals surface area (Å²) in [6.07, 6.45) is -3.89. The van der Waals surface area contributed by atoms with Gasteiger partial charge >= 0.3 is 6.18 Å². The average Bonchev–Trinajstić information content (AvgIpc) is 2.79. The topological polar surface area (TPSA) is 112 Å². The number of hydrogen-bond acceptors (Lipinski definition) is 6. The van der Waals surface area contributed by atoms with E-state index in [-0.39, 0.29) is 22.7 Å². The van der Waals surface area contributed by atoms with Crippen molar-refractivity contribution in [2.75, 3.05) is 18.7 Å². The first-order valence-electron chi connectivity index (χ1n) is 9.76. The highest BCUT2D eigenvalue weighted by molar-refractivity contribution is 7.91. The monoisotopic (exact) mass is 541 g/mol. The Labute approximate surface area is 208 Å². The Morgan fingerprint density at radius 2 is 1.81 bits per heavy atom. The Morgan fingerprint density at radius 3 is 2.39 bits per heavy atom. The second kappa shape index (κ2) is 10.0. The van der Waals surface area contributed by atoms with Crippen LogP contribution in [0.15, 0.2) is 53.4 Å². The van der Waals surface area contributed by atoms with Gasteiger partial charge < -0.3 is 14.8 Å². The number of rotatable bonds is 6. The summed E-state index contributed by atoms with van der Waals surface area (Å²) in [6, 6.07) is 10.1. The predicted molar refractivity (Wildman–Crippen MR) is 124 cm³/mol. The number of carbonyl (C=O) groups is 1. The summed E-state index contributed by atoms with van der Waals surface area (Å²) in [6.45, 7) is 0. The maximum absolute atomic E-state index is 14.0. The normalized spacial score (nSPS) is 12.8. The molecule has 1 amide bonds. The molecule has 0 aliphatic carbocycles. The SMILES string of the molecule is COc1cc(C#N)ccc1Oc1cc(C(F)(F)F)c(Cl)cc1C(=O)Nc1ccc(F)c([S@](C)(=N)=O)c1. The van der Waals surface area contributed by atoms with Crippen molar-refractivity contribution in [2.45, 2.75) is 11.1 Å². The van der Waals surface area contributed by atoms with Crippen LogP contribution in [0.3, 0.4) is 0 Å². The number of amides is 1. The molecule has 0 fully saturated rings. The van der Waals surface area contributed by atoms with Crippen LogP contribution < -0.4 is 14.8 Å². The van der Waals surface area contributed by atoms with Gasteiger partial charge in [-0.1, -0.05) is 11.6 Å². The zero-order chi connectivity index (χ0) is 26.8. The van der Waals surface area contributed by atoms with E-state index in [1.165, 1.54) is 25.3 Å². The number of alkyl halides is 3. The van der Waals surface area contributed by atoms with Crippen LogP contribution >= 0.6 is 11.6 Å². The Morgan fingerprint density at radius 1 is 1.11 bits per heavy atom. The average molecular weight is 542 g/mol. The van der Waals surface area contributed by atoms with Crippen LogP contribution in [0.2, 0.25) is 5.02 Å². The molecule has 0 unspecified atom stereocenters. The van der Waals surface area contributed by atoms with Crippen LogP contribution in [-0.4, -0.2) is 23.5 Å². The molecule has 7 nitrogen and oxygen atoms in total. The summed E-state index contributed by atoms with van der Waals surface area (Å²) < 4.78 is 84.8. The van der Waals surface area contributed by atoms with Crippen molar-refractivity contribution in [3.63, 3.8) is 0 Å². The van der Waals surface area contributed by atoms with E-state index in [1.54, 1.807) is 0 Å². The highest BCUT2D eigenvalue weighted by Gasteiger charge is 2.35. The maximum Gasteiger partial charge on any atom is 0.417 e. The highest BCUT2D eigenvalue weighted by Crippen LogP contribution is 2.41. The number of nitrogens with one attached hydrogen (secondary N) is 2. The molecule has 0 saturated carbocycles. The van der Waals surface area contributed by atoms with Crippen molar-refractivity contribution in [1.82, 2.24) is 0 Å². The van der Waals surface area contributed by atoms with Crippen molar-refractivity contribution in [3.05, 3.63) is 76.1 Å². The zero-order valence-electron chi connectivity index (χ0n) is 18.5. The molecule has 0 bridgehead atoms. The zero-order valence-corrected chi connectivity index (χ0v) is 20.1. The van der Waals surface area contributed by atoms with Gasteiger partial charge in [0.05, 0.1) is 49.5 Å². The number of hydrogen-bond donors (Lipinski definition) is 2. The summed E-state index contributed by atoms with van der Waals surface area (Å²) >= 11 is 5.81. The molecule has 3 aromatic rings. The largest absolute Gasteiger partial charge is 0.493 e. The third kappa shape index (κ3) is 5.87. The van der Waals surface area contributed by atoms with Crippen molar-refractivity contribution >= 4 is 32.9 Å². The number of nitrogens with zero attached hydrogens (tertiary/aromatic N) is 1. The van der Waals surface area contributed by atoms with Crippen molar-refractivity contribution in [1.29, 1.82) is 10.0 Å². The molecule has 3 rings (SSSR count). The van der Waals surface area contributed by atoms with Crippen LogP contribution in [0, 0.1) is 21.9 Å². The molecule has 0 spiro atoms. The van der Waals surface area contributed by atoms with E-state index in [2.05, 4.69) is 5.32 Å². The highest BCUT2D eigenvalue weighted by atomic mass is 35.5. The number of ether oxygens (including phenoxy) is 2. The molecule has 0 aliphatic heterocycles. The Bertz CT molecular complexity index is 1500. The second-order valence-corrected chi connectivity index (χ2v) is 9.88. The Kier molecular flexibility index (Phi) is 7.47. The first kappa shape index (κ1) is 26.8. The second-order valence-electron chi connectivity index (χ2n) is 7.35. The van der Waals surface area contributed by atoms with Crippen LogP contribution in [0.25, 0.3) is 0 Å². The lowest BCUT2D eigenvalue weighted by molar-refractivity contribution is -0.137. The molecule has 188 valence electrons. The van der Waals surface area contributed by atoms with Gasteiger partial charge in [-0.3, -0.25) is 4.79 Å². The molecule has 1 atom stereocenters. The van der Waals surface area contributed by atoms with Gasteiger partial charge in [0, 0.05) is 18.0 Å². The first-order valence-corrected chi connectivity index (χ1v) is 12.1. The summed E-state index contributed by atoms with van der Waals surface area (Å²) in [5.41, 5.74) is -1.57. The molecule has 2 N–H and O–H groups in total. The van der Waals surface area contributed by atoms with Gasteiger partial charge in [0.2, 0.25) is 0 Å². The van der Waals surface area contributed by atoms with Crippen LogP contribution in [0.1, 0.15) is 21.5 Å². The molecule has 3 aromatic carbocycles. The van der Waals surface area contributed by atoms with E-state index in [0.717, 1.165) is 30.5 Å². The molecule has 36 heavy (non-hydrogen) atoms. The predicted octanol–water partition coefficient (Wildman–Crippen LogP) is 6.46. The van der Waals surface area contributed by atoms with Gasteiger partial charge in [-0.15, -0.1) is 0 Å². The third-order valence-electron chi connectivity index (χ3n) is 4.74.